The van der Waals surface area contributed by atoms with Gasteiger partial charge in [0.25, 0.3) is 0 Å². The molecule has 102 valence electrons. The smallest absolute Gasteiger partial charge is 0.151 e. The highest BCUT2D eigenvalue weighted by atomic mass is 35.5. The van der Waals surface area contributed by atoms with Crippen molar-refractivity contribution in [3.63, 3.8) is 0 Å². The second-order valence-corrected chi connectivity index (χ2v) is 5.10. The Bertz CT molecular complexity index is 829. The summed E-state index contributed by atoms with van der Waals surface area (Å²) in [4.78, 5) is 0. The molecule has 21 heavy (non-hydrogen) atoms. The fourth-order valence-corrected chi connectivity index (χ4v) is 2.49. The van der Waals surface area contributed by atoms with Gasteiger partial charge in [-0.25, -0.2) is 4.68 Å². The number of aromatic nitrogens is 2. The van der Waals surface area contributed by atoms with Crippen LogP contribution in [0.3, 0.4) is 0 Å². The van der Waals surface area contributed by atoms with Crippen LogP contribution in [0.5, 0.6) is 0 Å². The van der Waals surface area contributed by atoms with E-state index in [1.54, 1.807) is 4.68 Å². The number of nitriles is 1. The van der Waals surface area contributed by atoms with E-state index in [1.807, 2.05) is 61.5 Å². The van der Waals surface area contributed by atoms with Gasteiger partial charge in [0.05, 0.1) is 5.69 Å². The Morgan fingerprint density at radius 2 is 1.86 bits per heavy atom. The van der Waals surface area contributed by atoms with Crippen molar-refractivity contribution in [1.82, 2.24) is 9.78 Å². The minimum atomic E-state index is 0.335. The lowest BCUT2D eigenvalue weighted by Gasteiger charge is -2.03. The minimum absolute atomic E-state index is 0.335. The molecule has 3 nitrogen and oxygen atoms in total. The SMILES string of the molecule is Cc1cccc(-n2nc(-c3ccccc3)c(C#N)c2Cl)c1. The Morgan fingerprint density at radius 1 is 1.10 bits per heavy atom. The van der Waals surface area contributed by atoms with Crippen LogP contribution in [-0.4, -0.2) is 9.78 Å². The van der Waals surface area contributed by atoms with Gasteiger partial charge in [-0.15, -0.1) is 0 Å². The van der Waals surface area contributed by atoms with E-state index >= 15 is 0 Å². The summed E-state index contributed by atoms with van der Waals surface area (Å²) in [5.41, 5.74) is 3.83. The van der Waals surface area contributed by atoms with Gasteiger partial charge < -0.3 is 0 Å². The number of rotatable bonds is 2. The van der Waals surface area contributed by atoms with Crippen LogP contribution < -0.4 is 0 Å². The molecule has 0 bridgehead atoms. The maximum Gasteiger partial charge on any atom is 0.151 e. The lowest BCUT2D eigenvalue weighted by molar-refractivity contribution is 0.883. The third kappa shape index (κ3) is 2.42. The first-order valence-corrected chi connectivity index (χ1v) is 6.89. The van der Waals surface area contributed by atoms with E-state index in [1.165, 1.54) is 0 Å². The average Bonchev–Trinajstić information content (AvgIpc) is 2.85. The molecule has 0 N–H and O–H groups in total. The monoisotopic (exact) mass is 293 g/mol. The molecular weight excluding hydrogens is 282 g/mol. The average molecular weight is 294 g/mol. The van der Waals surface area contributed by atoms with Gasteiger partial charge in [-0.3, -0.25) is 0 Å². The summed E-state index contributed by atoms with van der Waals surface area (Å²) in [6, 6.07) is 19.6. The maximum atomic E-state index is 9.39. The molecule has 0 fully saturated rings. The molecule has 0 atom stereocenters. The van der Waals surface area contributed by atoms with E-state index in [0.717, 1.165) is 16.8 Å². The first-order valence-electron chi connectivity index (χ1n) is 6.52. The summed E-state index contributed by atoms with van der Waals surface area (Å²) < 4.78 is 1.61. The van der Waals surface area contributed by atoms with Gasteiger partial charge >= 0.3 is 0 Å². The van der Waals surface area contributed by atoms with Crippen molar-refractivity contribution in [3.05, 3.63) is 70.9 Å². The third-order valence-electron chi connectivity index (χ3n) is 3.23. The Kier molecular flexibility index (Phi) is 3.47. The van der Waals surface area contributed by atoms with Crippen molar-refractivity contribution < 1.29 is 0 Å². The second kappa shape index (κ2) is 5.43. The highest BCUT2D eigenvalue weighted by molar-refractivity contribution is 6.31. The van der Waals surface area contributed by atoms with Gasteiger partial charge in [-0.2, -0.15) is 10.4 Å². The van der Waals surface area contributed by atoms with E-state index in [9.17, 15) is 5.26 Å². The molecule has 3 rings (SSSR count). The van der Waals surface area contributed by atoms with E-state index in [-0.39, 0.29) is 0 Å². The molecule has 0 saturated carbocycles. The number of aryl methyl sites for hydroxylation is 1. The summed E-state index contributed by atoms with van der Waals surface area (Å²) >= 11 is 6.34. The van der Waals surface area contributed by atoms with Crippen LogP contribution in [0, 0.1) is 18.3 Å². The topological polar surface area (TPSA) is 41.6 Å². The molecule has 0 saturated heterocycles. The predicted octanol–water partition coefficient (Wildman–Crippen LogP) is 4.37. The summed E-state index contributed by atoms with van der Waals surface area (Å²) in [7, 11) is 0. The molecule has 0 aliphatic heterocycles. The molecular formula is C17H12ClN3. The highest BCUT2D eigenvalue weighted by Crippen LogP contribution is 2.30. The van der Waals surface area contributed by atoms with Crippen LogP contribution >= 0.6 is 11.6 Å². The van der Waals surface area contributed by atoms with Crippen molar-refractivity contribution >= 4 is 11.6 Å². The molecule has 0 amide bonds. The zero-order chi connectivity index (χ0) is 14.8. The lowest BCUT2D eigenvalue weighted by atomic mass is 10.1. The maximum absolute atomic E-state index is 9.39. The standard InChI is InChI=1S/C17H12ClN3/c1-12-6-5-9-14(10-12)21-17(18)15(11-19)16(20-21)13-7-3-2-4-8-13/h2-10H,1H3. The molecule has 1 heterocycles. The van der Waals surface area contributed by atoms with Crippen molar-refractivity contribution in [2.45, 2.75) is 6.92 Å². The van der Waals surface area contributed by atoms with Crippen molar-refractivity contribution in [1.29, 1.82) is 5.26 Å². The second-order valence-electron chi connectivity index (χ2n) is 4.74. The van der Waals surface area contributed by atoms with Crippen LogP contribution in [-0.2, 0) is 0 Å². The molecule has 4 heteroatoms. The summed E-state index contributed by atoms with van der Waals surface area (Å²) in [5.74, 6) is 0. The predicted molar refractivity (Wildman–Crippen MR) is 83.5 cm³/mol. The Hall–Kier alpha value is -2.57. The lowest BCUT2D eigenvalue weighted by Crippen LogP contribution is -1.97. The van der Waals surface area contributed by atoms with Crippen molar-refractivity contribution in [3.8, 4) is 23.0 Å². The van der Waals surface area contributed by atoms with Crippen molar-refractivity contribution in [2.24, 2.45) is 0 Å². The first-order chi connectivity index (χ1) is 10.2. The molecule has 1 aromatic heterocycles. The van der Waals surface area contributed by atoms with E-state index < -0.39 is 0 Å². The Labute approximate surface area is 128 Å². The quantitative estimate of drug-likeness (QED) is 0.704. The number of halogens is 1. The van der Waals surface area contributed by atoms with Crippen LogP contribution in [0.15, 0.2) is 54.6 Å². The minimum Gasteiger partial charge on any atom is -0.220 e. The van der Waals surface area contributed by atoms with Gasteiger partial charge in [0.15, 0.2) is 5.15 Å². The first kappa shape index (κ1) is 13.4. The molecule has 0 spiro atoms. The molecule has 0 aliphatic carbocycles. The molecule has 3 aromatic rings. The number of benzene rings is 2. The summed E-state index contributed by atoms with van der Waals surface area (Å²) in [6.45, 7) is 2.00. The molecule has 0 unspecified atom stereocenters. The van der Waals surface area contributed by atoms with Crippen LogP contribution in [0.25, 0.3) is 16.9 Å². The third-order valence-corrected chi connectivity index (χ3v) is 3.58. The molecule has 2 aromatic carbocycles. The van der Waals surface area contributed by atoms with Crippen LogP contribution in [0.1, 0.15) is 11.1 Å². The van der Waals surface area contributed by atoms with Crippen molar-refractivity contribution in [2.75, 3.05) is 0 Å². The Balaban J connectivity index is 2.21. The fraction of sp³-hybridized carbons (Fsp3) is 0.0588. The number of nitrogens with zero attached hydrogens (tertiary/aromatic N) is 3. The summed E-state index contributed by atoms with van der Waals surface area (Å²) in [6.07, 6.45) is 0. The van der Waals surface area contributed by atoms with Gasteiger partial charge in [-0.05, 0) is 24.6 Å². The normalized spacial score (nSPS) is 10.3. The molecule has 0 aliphatic rings. The van der Waals surface area contributed by atoms with E-state index in [2.05, 4.69) is 11.2 Å². The van der Waals surface area contributed by atoms with Gasteiger partial charge in [0, 0.05) is 5.56 Å². The molecule has 0 radical (unpaired) electrons. The highest BCUT2D eigenvalue weighted by Gasteiger charge is 2.18. The number of hydrogen-bond acceptors (Lipinski definition) is 2. The van der Waals surface area contributed by atoms with Gasteiger partial charge in [0.2, 0.25) is 0 Å². The van der Waals surface area contributed by atoms with Crippen LogP contribution in [0.2, 0.25) is 5.15 Å². The largest absolute Gasteiger partial charge is 0.220 e. The zero-order valence-corrected chi connectivity index (χ0v) is 12.2. The fourth-order valence-electron chi connectivity index (χ4n) is 2.23. The van der Waals surface area contributed by atoms with E-state index in [0.29, 0.717) is 16.4 Å². The number of hydrogen-bond donors (Lipinski definition) is 0. The van der Waals surface area contributed by atoms with Gasteiger partial charge in [-0.1, -0.05) is 54.1 Å². The van der Waals surface area contributed by atoms with Crippen LogP contribution in [0.4, 0.5) is 0 Å². The van der Waals surface area contributed by atoms with E-state index in [4.69, 9.17) is 11.6 Å². The Morgan fingerprint density at radius 3 is 2.52 bits per heavy atom. The van der Waals surface area contributed by atoms with Gasteiger partial charge in [0.1, 0.15) is 17.3 Å². The zero-order valence-electron chi connectivity index (χ0n) is 11.4. The summed E-state index contributed by atoms with van der Waals surface area (Å²) in [5, 5.41) is 14.2.